The van der Waals surface area contributed by atoms with Crippen LogP contribution in [0.2, 0.25) is 0 Å². The van der Waals surface area contributed by atoms with E-state index >= 15 is 0 Å². The van der Waals surface area contributed by atoms with Crippen LogP contribution < -0.4 is 16.0 Å². The van der Waals surface area contributed by atoms with Gasteiger partial charge in [0.1, 0.15) is 21.7 Å². The molecule has 3 N–H and O–H groups in total. The zero-order valence-corrected chi connectivity index (χ0v) is 17.1. The van der Waals surface area contributed by atoms with Crippen molar-refractivity contribution in [2.24, 2.45) is 5.73 Å². The first kappa shape index (κ1) is 18.6. The largest absolute Gasteiger partial charge is 0.353 e. The van der Waals surface area contributed by atoms with Crippen molar-refractivity contribution in [3.8, 4) is 10.6 Å². The molecule has 0 saturated carbocycles. The summed E-state index contributed by atoms with van der Waals surface area (Å²) in [5.41, 5.74) is 7.35. The average Bonchev–Trinajstić information content (AvgIpc) is 3.17. The van der Waals surface area contributed by atoms with Crippen LogP contribution in [0.5, 0.6) is 0 Å². The van der Waals surface area contributed by atoms with Crippen molar-refractivity contribution < 1.29 is 4.79 Å². The molecule has 0 spiro atoms. The van der Waals surface area contributed by atoms with E-state index in [0.717, 1.165) is 45.3 Å². The summed E-state index contributed by atoms with van der Waals surface area (Å²) in [6.45, 7) is 3.43. The van der Waals surface area contributed by atoms with Gasteiger partial charge in [0.2, 0.25) is 0 Å². The molecule has 9 heteroatoms. The summed E-state index contributed by atoms with van der Waals surface area (Å²) in [6, 6.07) is 11.5. The number of aromatic nitrogens is 4. The Kier molecular flexibility index (Phi) is 4.61. The van der Waals surface area contributed by atoms with Crippen molar-refractivity contribution >= 4 is 39.7 Å². The van der Waals surface area contributed by atoms with Gasteiger partial charge in [-0.2, -0.15) is 0 Å². The molecule has 1 aliphatic heterocycles. The minimum absolute atomic E-state index is 0.167. The topological polar surface area (TPSA) is 110 Å². The second kappa shape index (κ2) is 7.43. The third-order valence-corrected chi connectivity index (χ3v) is 5.87. The second-order valence-electron chi connectivity index (χ2n) is 7.28. The van der Waals surface area contributed by atoms with Crippen LogP contribution in [0, 0.1) is 6.92 Å². The number of carbonyl (C=O) groups excluding carboxylic acids is 1. The molecule has 30 heavy (non-hydrogen) atoms. The Morgan fingerprint density at radius 1 is 1.13 bits per heavy atom. The molecule has 8 nitrogen and oxygen atoms in total. The Bertz CT molecular complexity index is 1250. The fourth-order valence-electron chi connectivity index (χ4n) is 3.38. The van der Waals surface area contributed by atoms with Gasteiger partial charge in [-0.05, 0) is 36.6 Å². The molecule has 1 amide bonds. The molecule has 0 radical (unpaired) electrons. The van der Waals surface area contributed by atoms with Gasteiger partial charge in [-0.3, -0.25) is 4.79 Å². The minimum atomic E-state index is -0.230. The molecule has 150 valence electrons. The molecule has 4 heterocycles. The molecular formula is C21H19N7OS. The van der Waals surface area contributed by atoms with Crippen molar-refractivity contribution in [3.05, 3.63) is 59.4 Å². The predicted molar refractivity (Wildman–Crippen MR) is 118 cm³/mol. The number of nitrogens with zero attached hydrogens (tertiary/aromatic N) is 5. The maximum Gasteiger partial charge on any atom is 0.257 e. The highest BCUT2D eigenvalue weighted by molar-refractivity contribution is 7.14. The lowest BCUT2D eigenvalue weighted by Crippen LogP contribution is -2.56. The molecule has 0 atom stereocenters. The Morgan fingerprint density at radius 2 is 2.00 bits per heavy atom. The molecular weight excluding hydrogens is 398 g/mol. The number of hydrogen-bond donors (Lipinski definition) is 2. The Morgan fingerprint density at radius 3 is 2.77 bits per heavy atom. The third-order valence-electron chi connectivity index (χ3n) is 4.98. The first-order chi connectivity index (χ1) is 14.5. The van der Waals surface area contributed by atoms with E-state index in [-0.39, 0.29) is 11.9 Å². The molecule has 4 aromatic rings. The molecule has 0 bridgehead atoms. The fourth-order valence-corrected chi connectivity index (χ4v) is 4.06. The van der Waals surface area contributed by atoms with Gasteiger partial charge in [0, 0.05) is 48.0 Å². The Labute approximate surface area is 176 Å². The number of nitrogens with two attached hydrogens (primary N) is 1. The van der Waals surface area contributed by atoms with Gasteiger partial charge in [0.05, 0.1) is 0 Å². The van der Waals surface area contributed by atoms with Crippen molar-refractivity contribution in [3.63, 3.8) is 0 Å². The molecule has 1 saturated heterocycles. The highest BCUT2D eigenvalue weighted by Crippen LogP contribution is 2.27. The van der Waals surface area contributed by atoms with E-state index in [9.17, 15) is 4.79 Å². The van der Waals surface area contributed by atoms with Crippen LogP contribution >= 0.6 is 11.3 Å². The van der Waals surface area contributed by atoms with Crippen LogP contribution in [0.4, 0.5) is 11.6 Å². The summed E-state index contributed by atoms with van der Waals surface area (Å²) < 4.78 is 0. The van der Waals surface area contributed by atoms with Crippen LogP contribution in [0.25, 0.3) is 21.3 Å². The molecule has 5 rings (SSSR count). The van der Waals surface area contributed by atoms with Gasteiger partial charge < -0.3 is 16.0 Å². The van der Waals surface area contributed by atoms with Crippen molar-refractivity contribution in [1.29, 1.82) is 0 Å². The standard InChI is InChI=1S/C21H19N7OS/c1-12-26-27-21(30-12)14-2-3-15-9-24-18(7-16(15)6-14)25-20(29)13-4-5-23-19(8-13)28-10-17(22)11-28/h2-9,17H,10-11,22H2,1H3,(H,24,25,29). The third kappa shape index (κ3) is 3.60. The number of amides is 1. The number of hydrogen-bond acceptors (Lipinski definition) is 8. The van der Waals surface area contributed by atoms with E-state index in [1.165, 1.54) is 0 Å². The Hall–Kier alpha value is -3.43. The first-order valence-electron chi connectivity index (χ1n) is 9.53. The number of aryl methyl sites for hydroxylation is 1. The van der Waals surface area contributed by atoms with E-state index in [0.29, 0.717) is 11.4 Å². The highest BCUT2D eigenvalue weighted by Gasteiger charge is 2.24. The van der Waals surface area contributed by atoms with Crippen molar-refractivity contribution in [1.82, 2.24) is 20.2 Å². The zero-order chi connectivity index (χ0) is 20.7. The van der Waals surface area contributed by atoms with Gasteiger partial charge in [-0.25, -0.2) is 9.97 Å². The summed E-state index contributed by atoms with van der Waals surface area (Å²) in [7, 11) is 0. The Balaban J connectivity index is 1.38. The SMILES string of the molecule is Cc1nnc(-c2ccc3cnc(NC(=O)c4ccnc(N5CC(N)C5)c4)cc3c2)s1. The molecule has 0 aliphatic carbocycles. The van der Waals surface area contributed by atoms with Crippen LogP contribution in [0.1, 0.15) is 15.4 Å². The normalized spacial score (nSPS) is 14.0. The number of anilines is 2. The molecule has 0 unspecified atom stereocenters. The quantitative estimate of drug-likeness (QED) is 0.525. The maximum absolute atomic E-state index is 12.7. The van der Waals surface area contributed by atoms with Gasteiger partial charge in [-0.15, -0.1) is 10.2 Å². The van der Waals surface area contributed by atoms with Gasteiger partial charge in [-0.1, -0.05) is 23.5 Å². The number of benzene rings is 1. The number of nitrogens with one attached hydrogen (secondary N) is 1. The van der Waals surface area contributed by atoms with E-state index in [4.69, 9.17) is 5.73 Å². The van der Waals surface area contributed by atoms with E-state index < -0.39 is 0 Å². The van der Waals surface area contributed by atoms with Crippen LogP contribution in [0.15, 0.2) is 48.8 Å². The van der Waals surface area contributed by atoms with Crippen molar-refractivity contribution in [2.75, 3.05) is 23.3 Å². The lowest BCUT2D eigenvalue weighted by atomic mass is 10.1. The summed E-state index contributed by atoms with van der Waals surface area (Å²) >= 11 is 1.55. The number of rotatable bonds is 4. The minimum Gasteiger partial charge on any atom is -0.353 e. The van der Waals surface area contributed by atoms with Crippen LogP contribution in [-0.2, 0) is 0 Å². The second-order valence-corrected chi connectivity index (χ2v) is 8.46. The van der Waals surface area contributed by atoms with Crippen LogP contribution in [-0.4, -0.2) is 45.2 Å². The van der Waals surface area contributed by atoms with Crippen LogP contribution in [0.3, 0.4) is 0 Å². The lowest BCUT2D eigenvalue weighted by Gasteiger charge is -2.37. The zero-order valence-electron chi connectivity index (χ0n) is 16.2. The van der Waals surface area contributed by atoms with E-state index in [1.807, 2.05) is 36.1 Å². The molecule has 1 fully saturated rings. The van der Waals surface area contributed by atoms with Gasteiger partial charge in [0.15, 0.2) is 0 Å². The summed E-state index contributed by atoms with van der Waals surface area (Å²) in [4.78, 5) is 23.5. The lowest BCUT2D eigenvalue weighted by molar-refractivity contribution is 0.102. The fraction of sp³-hybridized carbons (Fsp3) is 0.190. The summed E-state index contributed by atoms with van der Waals surface area (Å²) in [5, 5.41) is 14.9. The molecule has 3 aromatic heterocycles. The van der Waals surface area contributed by atoms with Gasteiger partial charge >= 0.3 is 0 Å². The monoisotopic (exact) mass is 417 g/mol. The van der Waals surface area contributed by atoms with E-state index in [1.54, 1.807) is 35.9 Å². The molecule has 1 aromatic carbocycles. The summed E-state index contributed by atoms with van der Waals surface area (Å²) in [5.74, 6) is 1.02. The summed E-state index contributed by atoms with van der Waals surface area (Å²) in [6.07, 6.45) is 3.39. The molecule has 1 aliphatic rings. The smallest absolute Gasteiger partial charge is 0.257 e. The van der Waals surface area contributed by atoms with Gasteiger partial charge in [0.25, 0.3) is 5.91 Å². The predicted octanol–water partition coefficient (Wildman–Crippen LogP) is 2.86. The maximum atomic E-state index is 12.7. The number of carbonyl (C=O) groups is 1. The number of fused-ring (bicyclic) bond motifs is 1. The van der Waals surface area contributed by atoms with Crippen molar-refractivity contribution in [2.45, 2.75) is 13.0 Å². The first-order valence-corrected chi connectivity index (χ1v) is 10.3. The average molecular weight is 417 g/mol. The number of pyridine rings is 2. The van der Waals surface area contributed by atoms with E-state index in [2.05, 4.69) is 25.5 Å². The highest BCUT2D eigenvalue weighted by atomic mass is 32.1.